The van der Waals surface area contributed by atoms with Gasteiger partial charge in [-0.3, -0.25) is 0 Å². The fourth-order valence-electron chi connectivity index (χ4n) is 0.967. The predicted octanol–water partition coefficient (Wildman–Crippen LogP) is 1.45. The standard InChI is InChI=1S/C10H13N3/c1-8(2)13-7-9-3-4-12-10(5-9)6-11/h3-5,8,13H,7H2,1-2H3. The molecular weight excluding hydrogens is 162 g/mol. The third-order valence-corrected chi connectivity index (χ3v) is 1.65. The van der Waals surface area contributed by atoms with Crippen molar-refractivity contribution < 1.29 is 0 Å². The Balaban J connectivity index is 2.63. The summed E-state index contributed by atoms with van der Waals surface area (Å²) < 4.78 is 0. The highest BCUT2D eigenvalue weighted by Gasteiger charge is 1.97. The smallest absolute Gasteiger partial charge is 0.140 e. The van der Waals surface area contributed by atoms with Gasteiger partial charge >= 0.3 is 0 Å². The molecule has 3 heteroatoms. The molecule has 0 saturated carbocycles. The highest BCUT2D eigenvalue weighted by Crippen LogP contribution is 2.00. The predicted molar refractivity (Wildman–Crippen MR) is 50.9 cm³/mol. The monoisotopic (exact) mass is 175 g/mol. The molecule has 0 unspecified atom stereocenters. The first kappa shape index (κ1) is 9.69. The van der Waals surface area contributed by atoms with E-state index in [-0.39, 0.29) is 0 Å². The highest BCUT2D eigenvalue weighted by atomic mass is 14.9. The summed E-state index contributed by atoms with van der Waals surface area (Å²) in [5, 5.41) is 11.9. The fraction of sp³-hybridized carbons (Fsp3) is 0.400. The van der Waals surface area contributed by atoms with Crippen molar-refractivity contribution in [2.45, 2.75) is 26.4 Å². The Labute approximate surface area is 78.4 Å². The molecule has 0 fully saturated rings. The largest absolute Gasteiger partial charge is 0.310 e. The molecule has 0 spiro atoms. The minimum Gasteiger partial charge on any atom is -0.310 e. The lowest BCUT2D eigenvalue weighted by Crippen LogP contribution is -2.21. The van der Waals surface area contributed by atoms with Crippen LogP contribution < -0.4 is 5.32 Å². The molecule has 1 rings (SSSR count). The van der Waals surface area contributed by atoms with Gasteiger partial charge in [-0.25, -0.2) is 4.98 Å². The average molecular weight is 175 g/mol. The number of nitriles is 1. The van der Waals surface area contributed by atoms with Gasteiger partial charge in [0, 0.05) is 18.8 Å². The van der Waals surface area contributed by atoms with Crippen LogP contribution in [0.25, 0.3) is 0 Å². The van der Waals surface area contributed by atoms with E-state index in [4.69, 9.17) is 5.26 Å². The molecule has 1 heterocycles. The number of rotatable bonds is 3. The molecule has 68 valence electrons. The van der Waals surface area contributed by atoms with Crippen LogP contribution in [-0.4, -0.2) is 11.0 Å². The van der Waals surface area contributed by atoms with Crippen LogP contribution in [0, 0.1) is 11.3 Å². The van der Waals surface area contributed by atoms with Crippen LogP contribution in [-0.2, 0) is 6.54 Å². The van der Waals surface area contributed by atoms with Crippen LogP contribution in [0.3, 0.4) is 0 Å². The Hall–Kier alpha value is -1.40. The number of aromatic nitrogens is 1. The van der Waals surface area contributed by atoms with E-state index in [1.165, 1.54) is 0 Å². The van der Waals surface area contributed by atoms with Gasteiger partial charge in [0.1, 0.15) is 11.8 Å². The second kappa shape index (κ2) is 4.58. The lowest BCUT2D eigenvalue weighted by molar-refractivity contribution is 0.588. The van der Waals surface area contributed by atoms with Crippen molar-refractivity contribution in [3.8, 4) is 6.07 Å². The maximum atomic E-state index is 8.61. The van der Waals surface area contributed by atoms with Crippen molar-refractivity contribution in [1.29, 1.82) is 5.26 Å². The summed E-state index contributed by atoms with van der Waals surface area (Å²) in [6.45, 7) is 4.97. The van der Waals surface area contributed by atoms with Gasteiger partial charge in [0.2, 0.25) is 0 Å². The van der Waals surface area contributed by atoms with Gasteiger partial charge in [0.05, 0.1) is 0 Å². The Morgan fingerprint density at radius 3 is 3.00 bits per heavy atom. The first-order chi connectivity index (χ1) is 6.22. The summed E-state index contributed by atoms with van der Waals surface area (Å²) in [5.41, 5.74) is 1.57. The lowest BCUT2D eigenvalue weighted by Gasteiger charge is -2.07. The number of hydrogen-bond acceptors (Lipinski definition) is 3. The van der Waals surface area contributed by atoms with Crippen molar-refractivity contribution >= 4 is 0 Å². The van der Waals surface area contributed by atoms with Gasteiger partial charge in [-0.05, 0) is 17.7 Å². The van der Waals surface area contributed by atoms with Gasteiger partial charge in [-0.2, -0.15) is 5.26 Å². The first-order valence-corrected chi connectivity index (χ1v) is 4.31. The molecule has 0 aromatic carbocycles. The minimum atomic E-state index is 0.457. The Morgan fingerprint density at radius 1 is 1.62 bits per heavy atom. The molecule has 13 heavy (non-hydrogen) atoms. The maximum Gasteiger partial charge on any atom is 0.140 e. The highest BCUT2D eigenvalue weighted by molar-refractivity contribution is 5.25. The van der Waals surface area contributed by atoms with Crippen LogP contribution in [0.4, 0.5) is 0 Å². The summed E-state index contributed by atoms with van der Waals surface area (Å²) in [6.07, 6.45) is 1.66. The first-order valence-electron chi connectivity index (χ1n) is 4.31. The number of nitrogens with zero attached hydrogens (tertiary/aromatic N) is 2. The third-order valence-electron chi connectivity index (χ3n) is 1.65. The SMILES string of the molecule is CC(C)NCc1ccnc(C#N)c1. The molecule has 0 bridgehead atoms. The zero-order valence-electron chi connectivity index (χ0n) is 7.91. The molecule has 0 aliphatic rings. The molecule has 1 aromatic rings. The van der Waals surface area contributed by atoms with Crippen LogP contribution in [0.5, 0.6) is 0 Å². The summed E-state index contributed by atoms with van der Waals surface area (Å²) in [6, 6.07) is 6.19. The summed E-state index contributed by atoms with van der Waals surface area (Å²) in [7, 11) is 0. The van der Waals surface area contributed by atoms with Gasteiger partial charge in [-0.15, -0.1) is 0 Å². The molecule has 0 aliphatic heterocycles. The Bertz CT molecular complexity index is 312. The zero-order chi connectivity index (χ0) is 9.68. The van der Waals surface area contributed by atoms with Gasteiger partial charge in [0.25, 0.3) is 0 Å². The van der Waals surface area contributed by atoms with Crippen LogP contribution in [0.1, 0.15) is 25.1 Å². The Morgan fingerprint density at radius 2 is 2.38 bits per heavy atom. The van der Waals surface area contributed by atoms with Crippen molar-refractivity contribution in [3.05, 3.63) is 29.6 Å². The van der Waals surface area contributed by atoms with Crippen LogP contribution >= 0.6 is 0 Å². The topological polar surface area (TPSA) is 48.7 Å². The molecule has 0 atom stereocenters. The zero-order valence-corrected chi connectivity index (χ0v) is 7.91. The summed E-state index contributed by atoms with van der Waals surface area (Å²) in [4.78, 5) is 3.90. The van der Waals surface area contributed by atoms with E-state index in [0.717, 1.165) is 12.1 Å². The summed E-state index contributed by atoms with van der Waals surface area (Å²) >= 11 is 0. The van der Waals surface area contributed by atoms with Crippen molar-refractivity contribution in [3.63, 3.8) is 0 Å². The van der Waals surface area contributed by atoms with Gasteiger partial charge < -0.3 is 5.32 Å². The number of nitrogens with one attached hydrogen (secondary N) is 1. The normalized spacial score (nSPS) is 10.0. The molecule has 0 aliphatic carbocycles. The molecular formula is C10H13N3. The molecule has 0 saturated heterocycles. The average Bonchev–Trinajstić information content (AvgIpc) is 2.15. The van der Waals surface area contributed by atoms with Gasteiger partial charge in [0.15, 0.2) is 0 Å². The minimum absolute atomic E-state index is 0.457. The summed E-state index contributed by atoms with van der Waals surface area (Å²) in [5.74, 6) is 0. The van der Waals surface area contributed by atoms with Crippen LogP contribution in [0.15, 0.2) is 18.3 Å². The Kier molecular flexibility index (Phi) is 3.41. The quantitative estimate of drug-likeness (QED) is 0.756. The fourth-order valence-corrected chi connectivity index (χ4v) is 0.967. The van der Waals surface area contributed by atoms with E-state index in [1.807, 2.05) is 12.1 Å². The number of hydrogen-bond donors (Lipinski definition) is 1. The second-order valence-corrected chi connectivity index (χ2v) is 3.20. The van der Waals surface area contributed by atoms with Crippen LogP contribution in [0.2, 0.25) is 0 Å². The van der Waals surface area contributed by atoms with Gasteiger partial charge in [-0.1, -0.05) is 13.8 Å². The van der Waals surface area contributed by atoms with E-state index in [0.29, 0.717) is 11.7 Å². The second-order valence-electron chi connectivity index (χ2n) is 3.20. The van der Waals surface area contributed by atoms with Crippen molar-refractivity contribution in [1.82, 2.24) is 10.3 Å². The molecule has 3 nitrogen and oxygen atoms in total. The molecule has 1 N–H and O–H groups in total. The van der Waals surface area contributed by atoms with E-state index in [9.17, 15) is 0 Å². The van der Waals surface area contributed by atoms with Crippen molar-refractivity contribution in [2.75, 3.05) is 0 Å². The molecule has 0 radical (unpaired) electrons. The number of pyridine rings is 1. The molecule has 1 aromatic heterocycles. The molecule has 0 amide bonds. The third kappa shape index (κ3) is 3.22. The van der Waals surface area contributed by atoms with E-state index in [2.05, 4.69) is 24.1 Å². The maximum absolute atomic E-state index is 8.61. The lowest BCUT2D eigenvalue weighted by atomic mass is 10.2. The van der Waals surface area contributed by atoms with E-state index in [1.54, 1.807) is 12.3 Å². The van der Waals surface area contributed by atoms with Crippen molar-refractivity contribution in [2.24, 2.45) is 0 Å². The van der Waals surface area contributed by atoms with E-state index < -0.39 is 0 Å². The van der Waals surface area contributed by atoms with E-state index >= 15 is 0 Å².